The van der Waals surface area contributed by atoms with Crippen molar-refractivity contribution in [1.82, 2.24) is 0 Å². The number of hydrogen-bond acceptors (Lipinski definition) is 3. The minimum absolute atomic E-state index is 0.207. The molecule has 13 heavy (non-hydrogen) atoms. The molecule has 0 aliphatic rings. The highest BCUT2D eigenvalue weighted by Crippen LogP contribution is 2.04. The third-order valence-electron chi connectivity index (χ3n) is 2.16. The quantitative estimate of drug-likeness (QED) is 0.560. The fourth-order valence-corrected chi connectivity index (χ4v) is 1.21. The summed E-state index contributed by atoms with van der Waals surface area (Å²) in [6, 6.07) is -0.252. The third kappa shape index (κ3) is 6.72. The van der Waals surface area contributed by atoms with Crippen LogP contribution in [0.3, 0.4) is 0 Å². The summed E-state index contributed by atoms with van der Waals surface area (Å²) in [4.78, 5) is 11.3. The van der Waals surface area contributed by atoms with Gasteiger partial charge >= 0.3 is 0 Å². The molecule has 0 aliphatic carbocycles. The predicted molar refractivity (Wildman–Crippen MR) is 55.4 cm³/mol. The molecule has 3 nitrogen and oxygen atoms in total. The van der Waals surface area contributed by atoms with E-state index in [9.17, 15) is 4.79 Å². The minimum Gasteiger partial charge on any atom is -0.330 e. The molecule has 3 heteroatoms. The Labute approximate surface area is 80.9 Å². The second kappa shape index (κ2) is 8.20. The molecule has 0 unspecified atom stereocenters. The van der Waals surface area contributed by atoms with E-state index in [1.54, 1.807) is 0 Å². The Bertz CT molecular complexity index is 137. The molecule has 0 aromatic rings. The van der Waals surface area contributed by atoms with Gasteiger partial charge in [0.25, 0.3) is 0 Å². The van der Waals surface area contributed by atoms with Crippen LogP contribution in [-0.4, -0.2) is 18.4 Å². The van der Waals surface area contributed by atoms with Gasteiger partial charge in [-0.25, -0.2) is 0 Å². The monoisotopic (exact) mass is 186 g/mol. The summed E-state index contributed by atoms with van der Waals surface area (Å²) in [7, 11) is 0. The number of ketones is 1. The maximum atomic E-state index is 11.3. The van der Waals surface area contributed by atoms with Gasteiger partial charge in [-0.05, 0) is 25.8 Å². The molecule has 1 atom stereocenters. The molecule has 0 saturated heterocycles. The van der Waals surface area contributed by atoms with Gasteiger partial charge in [0, 0.05) is 6.42 Å². The first-order valence-corrected chi connectivity index (χ1v) is 5.20. The molecule has 78 valence electrons. The summed E-state index contributed by atoms with van der Waals surface area (Å²) in [6.45, 7) is 2.77. The summed E-state index contributed by atoms with van der Waals surface area (Å²) in [5, 5.41) is 0. The van der Waals surface area contributed by atoms with Gasteiger partial charge in [0.05, 0.1) is 6.04 Å². The van der Waals surface area contributed by atoms with E-state index >= 15 is 0 Å². The number of unbranched alkanes of at least 4 members (excludes halogenated alkanes) is 2. The van der Waals surface area contributed by atoms with Crippen LogP contribution >= 0.6 is 0 Å². The van der Waals surface area contributed by atoms with Gasteiger partial charge < -0.3 is 11.5 Å². The Morgan fingerprint density at radius 3 is 2.54 bits per heavy atom. The normalized spacial score (nSPS) is 12.8. The molecule has 4 N–H and O–H groups in total. The molecule has 0 saturated carbocycles. The summed E-state index contributed by atoms with van der Waals surface area (Å²) in [5.41, 5.74) is 11.1. The molecule has 0 aliphatic heterocycles. The zero-order valence-electron chi connectivity index (χ0n) is 8.59. The maximum Gasteiger partial charge on any atom is 0.149 e. The predicted octanol–water partition coefficient (Wildman–Crippen LogP) is 1.20. The van der Waals surface area contributed by atoms with Crippen molar-refractivity contribution in [3.8, 4) is 0 Å². The highest BCUT2D eigenvalue weighted by molar-refractivity contribution is 5.83. The lowest BCUT2D eigenvalue weighted by Crippen LogP contribution is -2.30. The summed E-state index contributed by atoms with van der Waals surface area (Å²) in [6.07, 6.45) is 5.38. The molecule has 0 aromatic carbocycles. The van der Waals surface area contributed by atoms with Crippen molar-refractivity contribution < 1.29 is 4.79 Å². The molecule has 0 radical (unpaired) electrons. The van der Waals surface area contributed by atoms with Crippen LogP contribution in [0.1, 0.15) is 45.4 Å². The largest absolute Gasteiger partial charge is 0.330 e. The van der Waals surface area contributed by atoms with Crippen LogP contribution in [0, 0.1) is 0 Å². The number of carbonyl (C=O) groups excluding carboxylic acids is 1. The van der Waals surface area contributed by atoms with Crippen molar-refractivity contribution in [2.75, 3.05) is 6.54 Å². The number of Topliss-reactive ketones (excluding diaryl/α,β-unsaturated/α-hetero) is 1. The average Bonchev–Trinajstić information content (AvgIpc) is 2.14. The lowest BCUT2D eigenvalue weighted by molar-refractivity contribution is -0.120. The van der Waals surface area contributed by atoms with Crippen LogP contribution in [0.15, 0.2) is 0 Å². The van der Waals surface area contributed by atoms with E-state index < -0.39 is 0 Å². The van der Waals surface area contributed by atoms with Gasteiger partial charge in [0.1, 0.15) is 5.78 Å². The Balaban J connectivity index is 3.45. The maximum absolute atomic E-state index is 11.3. The molecule has 0 amide bonds. The van der Waals surface area contributed by atoms with E-state index in [4.69, 9.17) is 11.5 Å². The van der Waals surface area contributed by atoms with E-state index in [2.05, 4.69) is 6.92 Å². The lowest BCUT2D eigenvalue weighted by atomic mass is 10.0. The van der Waals surface area contributed by atoms with Gasteiger partial charge in [-0.3, -0.25) is 4.79 Å². The van der Waals surface area contributed by atoms with Crippen molar-refractivity contribution in [3.63, 3.8) is 0 Å². The first-order valence-electron chi connectivity index (χ1n) is 5.20. The van der Waals surface area contributed by atoms with Crippen LogP contribution in [0.5, 0.6) is 0 Å². The zero-order chi connectivity index (χ0) is 10.1. The number of carbonyl (C=O) groups is 1. The van der Waals surface area contributed by atoms with Gasteiger partial charge in [-0.2, -0.15) is 0 Å². The molecule has 0 bridgehead atoms. The minimum atomic E-state index is -0.252. The summed E-state index contributed by atoms with van der Waals surface area (Å²) < 4.78 is 0. The highest BCUT2D eigenvalue weighted by Gasteiger charge is 2.11. The van der Waals surface area contributed by atoms with E-state index in [1.165, 1.54) is 0 Å². The topological polar surface area (TPSA) is 69.1 Å². The SMILES string of the molecule is CCCCC(=O)[C@@H](N)CCCCN. The number of nitrogens with two attached hydrogens (primary N) is 2. The standard InChI is InChI=1S/C10H22N2O/c1-2-3-7-10(13)9(12)6-4-5-8-11/h9H,2-8,11-12H2,1H3/t9-/m0/s1. The zero-order valence-corrected chi connectivity index (χ0v) is 8.59. The smallest absolute Gasteiger partial charge is 0.149 e. The fraction of sp³-hybridized carbons (Fsp3) is 0.900. The van der Waals surface area contributed by atoms with Gasteiger partial charge in [-0.15, -0.1) is 0 Å². The van der Waals surface area contributed by atoms with Crippen LogP contribution < -0.4 is 11.5 Å². The molecule has 0 aromatic heterocycles. The molecule has 0 fully saturated rings. The van der Waals surface area contributed by atoms with E-state index in [0.29, 0.717) is 13.0 Å². The van der Waals surface area contributed by atoms with Crippen molar-refractivity contribution >= 4 is 5.78 Å². The molecule has 0 rings (SSSR count). The Kier molecular flexibility index (Phi) is 7.94. The number of rotatable bonds is 8. The average molecular weight is 186 g/mol. The third-order valence-corrected chi connectivity index (χ3v) is 2.16. The highest BCUT2D eigenvalue weighted by atomic mass is 16.1. The lowest BCUT2D eigenvalue weighted by Gasteiger charge is -2.09. The number of hydrogen-bond donors (Lipinski definition) is 2. The van der Waals surface area contributed by atoms with Crippen molar-refractivity contribution in [2.24, 2.45) is 11.5 Å². The van der Waals surface area contributed by atoms with Gasteiger partial charge in [-0.1, -0.05) is 19.8 Å². The fourth-order valence-electron chi connectivity index (χ4n) is 1.21. The Morgan fingerprint density at radius 1 is 1.31 bits per heavy atom. The van der Waals surface area contributed by atoms with E-state index in [-0.39, 0.29) is 11.8 Å². The Morgan fingerprint density at radius 2 is 2.00 bits per heavy atom. The molecular weight excluding hydrogens is 164 g/mol. The van der Waals surface area contributed by atoms with Crippen LogP contribution in [0.4, 0.5) is 0 Å². The summed E-state index contributed by atoms with van der Waals surface area (Å²) >= 11 is 0. The first kappa shape index (κ1) is 12.6. The molecule has 0 spiro atoms. The second-order valence-corrected chi connectivity index (χ2v) is 3.46. The van der Waals surface area contributed by atoms with E-state index in [0.717, 1.165) is 32.1 Å². The van der Waals surface area contributed by atoms with Crippen molar-refractivity contribution in [2.45, 2.75) is 51.5 Å². The van der Waals surface area contributed by atoms with Crippen LogP contribution in [0.2, 0.25) is 0 Å². The molecule has 0 heterocycles. The van der Waals surface area contributed by atoms with Crippen molar-refractivity contribution in [1.29, 1.82) is 0 Å². The summed E-state index contributed by atoms with van der Waals surface area (Å²) in [5.74, 6) is 0.207. The van der Waals surface area contributed by atoms with Crippen molar-refractivity contribution in [3.05, 3.63) is 0 Å². The van der Waals surface area contributed by atoms with Crippen LogP contribution in [0.25, 0.3) is 0 Å². The van der Waals surface area contributed by atoms with E-state index in [1.807, 2.05) is 0 Å². The first-order chi connectivity index (χ1) is 6.22. The van der Waals surface area contributed by atoms with Crippen LogP contribution in [-0.2, 0) is 4.79 Å². The van der Waals surface area contributed by atoms with Gasteiger partial charge in [0.2, 0.25) is 0 Å². The van der Waals surface area contributed by atoms with Gasteiger partial charge in [0.15, 0.2) is 0 Å². The Hall–Kier alpha value is -0.410. The second-order valence-electron chi connectivity index (χ2n) is 3.46. The molecular formula is C10H22N2O.